The molecule has 3 aromatic heterocycles. The number of rotatable bonds is 3. The van der Waals surface area contributed by atoms with Gasteiger partial charge in [0.25, 0.3) is 5.56 Å². The first kappa shape index (κ1) is 15.1. The molecule has 0 bridgehead atoms. The fourth-order valence-electron chi connectivity index (χ4n) is 2.92. The maximum atomic E-state index is 12.4. The summed E-state index contributed by atoms with van der Waals surface area (Å²) < 4.78 is 3.18. The fourth-order valence-corrected chi connectivity index (χ4v) is 2.92. The van der Waals surface area contributed by atoms with Gasteiger partial charge in [0.2, 0.25) is 0 Å². The Hall–Kier alpha value is -3.48. The first-order valence-corrected chi connectivity index (χ1v) is 7.79. The number of nitrogens with one attached hydrogen (secondary N) is 1. The van der Waals surface area contributed by atoms with Crippen LogP contribution < -0.4 is 11.2 Å². The van der Waals surface area contributed by atoms with Crippen molar-refractivity contribution in [1.29, 1.82) is 0 Å². The predicted molar refractivity (Wildman–Crippen MR) is 94.4 cm³/mol. The molecule has 0 aliphatic carbocycles. The van der Waals surface area contributed by atoms with Crippen LogP contribution in [0.15, 0.2) is 64.4 Å². The van der Waals surface area contributed by atoms with Crippen LogP contribution in [0, 0.1) is 0 Å². The molecule has 4 aromatic rings. The Morgan fingerprint density at radius 1 is 1.04 bits per heavy atom. The van der Waals surface area contributed by atoms with E-state index in [1.54, 1.807) is 24.0 Å². The average Bonchev–Trinajstić information content (AvgIpc) is 2.98. The molecule has 124 valence electrons. The van der Waals surface area contributed by atoms with E-state index in [4.69, 9.17) is 0 Å². The maximum Gasteiger partial charge on any atom is 0.330 e. The zero-order valence-electron chi connectivity index (χ0n) is 13.5. The van der Waals surface area contributed by atoms with Gasteiger partial charge in [0.15, 0.2) is 11.2 Å². The van der Waals surface area contributed by atoms with Crippen molar-refractivity contribution in [2.24, 2.45) is 7.05 Å². The van der Waals surface area contributed by atoms with Crippen molar-refractivity contribution in [3.8, 4) is 11.4 Å². The Morgan fingerprint density at radius 3 is 2.48 bits per heavy atom. The lowest BCUT2D eigenvalue weighted by Gasteiger charge is -2.06. The van der Waals surface area contributed by atoms with Crippen LogP contribution in [0.25, 0.3) is 22.6 Å². The molecule has 0 unspecified atom stereocenters. The van der Waals surface area contributed by atoms with Gasteiger partial charge in [-0.2, -0.15) is 0 Å². The third-order valence-electron chi connectivity index (χ3n) is 4.14. The lowest BCUT2D eigenvalue weighted by Crippen LogP contribution is -2.31. The van der Waals surface area contributed by atoms with E-state index in [9.17, 15) is 9.59 Å². The molecule has 1 N–H and O–H groups in total. The number of fused-ring (bicyclic) bond motifs is 1. The van der Waals surface area contributed by atoms with E-state index < -0.39 is 11.2 Å². The van der Waals surface area contributed by atoms with Crippen LogP contribution in [0.4, 0.5) is 0 Å². The van der Waals surface area contributed by atoms with E-state index in [1.165, 1.54) is 4.57 Å². The van der Waals surface area contributed by atoms with Gasteiger partial charge in [-0.25, -0.2) is 9.78 Å². The summed E-state index contributed by atoms with van der Waals surface area (Å²) >= 11 is 0. The molecule has 0 radical (unpaired) electrons. The third-order valence-corrected chi connectivity index (χ3v) is 4.14. The summed E-state index contributed by atoms with van der Waals surface area (Å²) in [5.74, 6) is 0.607. The average molecular weight is 333 g/mol. The van der Waals surface area contributed by atoms with E-state index >= 15 is 0 Å². The second kappa shape index (κ2) is 5.86. The smallest absolute Gasteiger partial charge is 0.321 e. The van der Waals surface area contributed by atoms with E-state index in [1.807, 2.05) is 42.5 Å². The zero-order chi connectivity index (χ0) is 17.4. The van der Waals surface area contributed by atoms with Gasteiger partial charge in [-0.3, -0.25) is 19.3 Å². The van der Waals surface area contributed by atoms with E-state index in [2.05, 4.69) is 15.0 Å². The topological polar surface area (TPSA) is 85.6 Å². The standard InChI is InChI=1S/C18H15N5O2/c1-22-14-16(20-15(22)13-7-9-19-10-8-13)23(18(25)21-17(14)24)11-12-5-3-2-4-6-12/h2-10H,11H2,1H3,(H,21,24,25). The fraction of sp³-hybridized carbons (Fsp3) is 0.111. The molecular weight excluding hydrogens is 318 g/mol. The summed E-state index contributed by atoms with van der Waals surface area (Å²) in [6.07, 6.45) is 3.33. The Labute approximate surface area is 142 Å². The molecule has 4 rings (SSSR count). The van der Waals surface area contributed by atoms with Crippen LogP contribution in [-0.2, 0) is 13.6 Å². The highest BCUT2D eigenvalue weighted by Gasteiger charge is 2.17. The minimum atomic E-state index is -0.472. The molecule has 7 nitrogen and oxygen atoms in total. The number of pyridine rings is 1. The number of hydrogen-bond donors (Lipinski definition) is 1. The van der Waals surface area contributed by atoms with E-state index in [-0.39, 0.29) is 0 Å². The molecule has 0 amide bonds. The molecule has 1 aromatic carbocycles. The molecule has 0 saturated heterocycles. The SMILES string of the molecule is Cn1c(-c2ccncc2)nc2c1c(=O)[nH]c(=O)n2Cc1ccccc1. The van der Waals surface area contributed by atoms with Gasteiger partial charge in [0.05, 0.1) is 6.54 Å². The molecular formula is C18H15N5O2. The number of nitrogens with zero attached hydrogens (tertiary/aromatic N) is 4. The first-order chi connectivity index (χ1) is 12.1. The summed E-state index contributed by atoms with van der Waals surface area (Å²) in [7, 11) is 1.76. The Bertz CT molecular complexity index is 1160. The number of imidazole rings is 1. The summed E-state index contributed by atoms with van der Waals surface area (Å²) in [6, 6.07) is 13.2. The molecule has 0 fully saturated rings. The number of aryl methyl sites for hydroxylation is 1. The van der Waals surface area contributed by atoms with Crippen LogP contribution in [0.3, 0.4) is 0 Å². The number of benzene rings is 1. The quantitative estimate of drug-likeness (QED) is 0.616. The van der Waals surface area contributed by atoms with Crippen molar-refractivity contribution in [1.82, 2.24) is 24.1 Å². The highest BCUT2D eigenvalue weighted by molar-refractivity contribution is 5.76. The van der Waals surface area contributed by atoms with Crippen LogP contribution >= 0.6 is 0 Å². The zero-order valence-corrected chi connectivity index (χ0v) is 13.5. The maximum absolute atomic E-state index is 12.4. The van der Waals surface area contributed by atoms with Gasteiger partial charge in [0, 0.05) is 25.0 Å². The normalized spacial score (nSPS) is 11.1. The summed E-state index contributed by atoms with van der Waals surface area (Å²) in [6.45, 7) is 0.333. The van der Waals surface area contributed by atoms with Crippen LogP contribution in [0.2, 0.25) is 0 Å². The second-order valence-corrected chi connectivity index (χ2v) is 5.73. The van der Waals surface area contributed by atoms with Crippen molar-refractivity contribution < 1.29 is 0 Å². The van der Waals surface area contributed by atoms with Crippen molar-refractivity contribution in [3.05, 3.63) is 81.3 Å². The molecule has 0 aliphatic heterocycles. The number of H-pyrrole nitrogens is 1. The Morgan fingerprint density at radius 2 is 1.76 bits per heavy atom. The van der Waals surface area contributed by atoms with Crippen molar-refractivity contribution in [3.63, 3.8) is 0 Å². The van der Waals surface area contributed by atoms with Crippen LogP contribution in [-0.4, -0.2) is 24.1 Å². The molecule has 3 heterocycles. The molecule has 0 saturated carbocycles. The van der Waals surface area contributed by atoms with Gasteiger partial charge in [-0.1, -0.05) is 30.3 Å². The minimum absolute atomic E-state index is 0.333. The van der Waals surface area contributed by atoms with Gasteiger partial charge in [0.1, 0.15) is 5.82 Å². The van der Waals surface area contributed by atoms with Crippen LogP contribution in [0.1, 0.15) is 5.56 Å². The van der Waals surface area contributed by atoms with Gasteiger partial charge in [-0.15, -0.1) is 0 Å². The third kappa shape index (κ3) is 2.55. The second-order valence-electron chi connectivity index (χ2n) is 5.73. The summed E-state index contributed by atoms with van der Waals surface area (Å²) in [4.78, 5) is 35.7. The van der Waals surface area contributed by atoms with Crippen molar-refractivity contribution in [2.45, 2.75) is 6.54 Å². The van der Waals surface area contributed by atoms with E-state index in [0.717, 1.165) is 11.1 Å². The monoisotopic (exact) mass is 333 g/mol. The summed E-state index contributed by atoms with van der Waals surface area (Å²) in [5.41, 5.74) is 1.59. The number of aromatic amines is 1. The highest BCUT2D eigenvalue weighted by atomic mass is 16.2. The van der Waals surface area contributed by atoms with E-state index in [0.29, 0.717) is 23.5 Å². The lowest BCUT2D eigenvalue weighted by atomic mass is 10.2. The van der Waals surface area contributed by atoms with Crippen molar-refractivity contribution >= 4 is 11.2 Å². The Balaban J connectivity index is 1.98. The molecule has 0 atom stereocenters. The van der Waals surface area contributed by atoms with Gasteiger partial charge in [-0.05, 0) is 17.7 Å². The minimum Gasteiger partial charge on any atom is -0.321 e. The molecule has 25 heavy (non-hydrogen) atoms. The van der Waals surface area contributed by atoms with Crippen LogP contribution in [0.5, 0.6) is 0 Å². The van der Waals surface area contributed by atoms with Gasteiger partial charge < -0.3 is 4.57 Å². The Kier molecular flexibility index (Phi) is 3.53. The van der Waals surface area contributed by atoms with Crippen molar-refractivity contribution in [2.75, 3.05) is 0 Å². The first-order valence-electron chi connectivity index (χ1n) is 7.79. The predicted octanol–water partition coefficient (Wildman–Crippen LogP) is 1.53. The molecule has 7 heteroatoms. The van der Waals surface area contributed by atoms with Gasteiger partial charge >= 0.3 is 5.69 Å². The summed E-state index contributed by atoms with van der Waals surface area (Å²) in [5, 5.41) is 0. The molecule has 0 spiro atoms. The number of hydrogen-bond acceptors (Lipinski definition) is 4. The lowest BCUT2D eigenvalue weighted by molar-refractivity contribution is 0.747. The largest absolute Gasteiger partial charge is 0.330 e. The molecule has 0 aliphatic rings. The number of aromatic nitrogens is 5. The highest BCUT2D eigenvalue weighted by Crippen LogP contribution is 2.20.